The van der Waals surface area contributed by atoms with Crippen molar-refractivity contribution >= 4 is 10.9 Å². The molecular formula is C24H27NO. The number of methoxy groups -OCH3 is 1. The van der Waals surface area contributed by atoms with E-state index in [0.717, 1.165) is 5.75 Å². The minimum absolute atomic E-state index is 0.374. The van der Waals surface area contributed by atoms with Crippen LogP contribution in [0.25, 0.3) is 10.9 Å². The molecule has 134 valence electrons. The van der Waals surface area contributed by atoms with Gasteiger partial charge >= 0.3 is 0 Å². The molecule has 2 heteroatoms. The molecule has 5 rings (SSSR count). The van der Waals surface area contributed by atoms with E-state index in [2.05, 4.69) is 60.1 Å². The van der Waals surface area contributed by atoms with E-state index < -0.39 is 0 Å². The molecule has 1 unspecified atom stereocenters. The predicted octanol–water partition coefficient (Wildman–Crippen LogP) is 5.92. The summed E-state index contributed by atoms with van der Waals surface area (Å²) in [5.41, 5.74) is 6.41. The van der Waals surface area contributed by atoms with Crippen molar-refractivity contribution in [2.75, 3.05) is 7.11 Å². The van der Waals surface area contributed by atoms with Crippen LogP contribution in [0.3, 0.4) is 0 Å². The third-order valence-corrected chi connectivity index (χ3v) is 6.94. The summed E-state index contributed by atoms with van der Waals surface area (Å²) < 4.78 is 7.85. The van der Waals surface area contributed by atoms with Crippen molar-refractivity contribution in [1.29, 1.82) is 0 Å². The van der Waals surface area contributed by atoms with Crippen molar-refractivity contribution in [1.82, 2.24) is 4.57 Å². The first-order valence-electron chi connectivity index (χ1n) is 9.95. The first-order valence-corrected chi connectivity index (χ1v) is 9.95. The Balaban J connectivity index is 1.72. The summed E-state index contributed by atoms with van der Waals surface area (Å²) >= 11 is 0. The molecule has 1 fully saturated rings. The van der Waals surface area contributed by atoms with Gasteiger partial charge in [-0.1, -0.05) is 49.6 Å². The molecule has 2 aliphatic rings. The highest BCUT2D eigenvalue weighted by Gasteiger charge is 2.47. The Morgan fingerprint density at radius 2 is 1.69 bits per heavy atom. The third kappa shape index (κ3) is 2.17. The van der Waals surface area contributed by atoms with Crippen molar-refractivity contribution in [3.63, 3.8) is 0 Å². The molecule has 0 N–H and O–H groups in total. The molecule has 1 atom stereocenters. The van der Waals surface area contributed by atoms with E-state index in [9.17, 15) is 0 Å². The number of fused-ring (bicyclic) bond motifs is 4. The number of ether oxygens (including phenoxy) is 1. The Hall–Kier alpha value is -2.22. The molecule has 0 amide bonds. The lowest BCUT2D eigenvalue weighted by Gasteiger charge is -2.35. The van der Waals surface area contributed by atoms with E-state index in [1.807, 2.05) is 0 Å². The number of aromatic nitrogens is 1. The lowest BCUT2D eigenvalue weighted by atomic mass is 9.69. The maximum absolute atomic E-state index is 5.38. The van der Waals surface area contributed by atoms with Gasteiger partial charge in [0.1, 0.15) is 5.75 Å². The van der Waals surface area contributed by atoms with Crippen LogP contribution < -0.4 is 4.74 Å². The number of para-hydroxylation sites is 1. The Labute approximate surface area is 155 Å². The van der Waals surface area contributed by atoms with Gasteiger partial charge in [-0.3, -0.25) is 0 Å². The van der Waals surface area contributed by atoms with Gasteiger partial charge in [-0.25, -0.2) is 0 Å². The van der Waals surface area contributed by atoms with Crippen molar-refractivity contribution in [2.24, 2.45) is 7.05 Å². The molecule has 0 radical (unpaired) electrons. The molecule has 26 heavy (non-hydrogen) atoms. The van der Waals surface area contributed by atoms with Crippen LogP contribution in [0.1, 0.15) is 61.3 Å². The van der Waals surface area contributed by atoms with Gasteiger partial charge in [-0.2, -0.15) is 0 Å². The standard InChI is InChI=1S/C24H27NO/c1-25-21-9-5-4-8-19(21)22-23(25)20(16-24(22)14-6-3-7-15-24)17-10-12-18(26-2)13-11-17/h4-5,8-13,20H,3,6-7,14-16H2,1-2H3. The summed E-state index contributed by atoms with van der Waals surface area (Å²) in [5, 5.41) is 1.49. The van der Waals surface area contributed by atoms with E-state index in [4.69, 9.17) is 4.74 Å². The zero-order chi connectivity index (χ0) is 17.7. The molecule has 2 nitrogen and oxygen atoms in total. The molecule has 0 saturated heterocycles. The van der Waals surface area contributed by atoms with E-state index >= 15 is 0 Å². The predicted molar refractivity (Wildman–Crippen MR) is 107 cm³/mol. The first-order chi connectivity index (χ1) is 12.7. The van der Waals surface area contributed by atoms with Crippen LogP contribution in [-0.4, -0.2) is 11.7 Å². The highest BCUT2D eigenvalue weighted by molar-refractivity contribution is 5.88. The molecular weight excluding hydrogens is 318 g/mol. The quantitative estimate of drug-likeness (QED) is 0.562. The number of nitrogens with zero attached hydrogens (tertiary/aromatic N) is 1. The Kier molecular flexibility index (Phi) is 3.63. The smallest absolute Gasteiger partial charge is 0.118 e. The fourth-order valence-corrected chi connectivity index (χ4v) is 5.76. The number of hydrogen-bond acceptors (Lipinski definition) is 1. The zero-order valence-electron chi connectivity index (χ0n) is 15.8. The van der Waals surface area contributed by atoms with Gasteiger partial charge in [0.05, 0.1) is 7.11 Å². The summed E-state index contributed by atoms with van der Waals surface area (Å²) in [6, 6.07) is 17.8. The topological polar surface area (TPSA) is 14.2 Å². The molecule has 0 aliphatic heterocycles. The van der Waals surface area contributed by atoms with E-state index in [1.54, 1.807) is 18.4 Å². The van der Waals surface area contributed by atoms with Gasteiger partial charge in [0, 0.05) is 29.6 Å². The second-order valence-corrected chi connectivity index (χ2v) is 8.21. The lowest BCUT2D eigenvalue weighted by Crippen LogP contribution is -2.26. The molecule has 0 bridgehead atoms. The fourth-order valence-electron chi connectivity index (χ4n) is 5.76. The van der Waals surface area contributed by atoms with Crippen LogP contribution in [0, 0.1) is 0 Å². The third-order valence-electron chi connectivity index (χ3n) is 6.94. The molecule has 1 heterocycles. The van der Waals surface area contributed by atoms with Gasteiger partial charge in [0.2, 0.25) is 0 Å². The molecule has 2 aromatic carbocycles. The normalized spacial score (nSPS) is 21.2. The molecule has 3 aromatic rings. The van der Waals surface area contributed by atoms with Crippen molar-refractivity contribution in [3.05, 3.63) is 65.4 Å². The van der Waals surface area contributed by atoms with Crippen molar-refractivity contribution in [3.8, 4) is 5.75 Å². The Morgan fingerprint density at radius 3 is 2.42 bits per heavy atom. The van der Waals surface area contributed by atoms with Crippen molar-refractivity contribution < 1.29 is 4.74 Å². The number of benzene rings is 2. The highest BCUT2D eigenvalue weighted by Crippen LogP contribution is 2.58. The zero-order valence-corrected chi connectivity index (χ0v) is 15.8. The van der Waals surface area contributed by atoms with Crippen molar-refractivity contribution in [2.45, 2.75) is 49.9 Å². The van der Waals surface area contributed by atoms with E-state index in [1.165, 1.54) is 55.0 Å². The summed E-state index contributed by atoms with van der Waals surface area (Å²) in [4.78, 5) is 0. The van der Waals surface area contributed by atoms with Crippen LogP contribution in [0.4, 0.5) is 0 Å². The summed E-state index contributed by atoms with van der Waals surface area (Å²) in [6.45, 7) is 0. The minimum Gasteiger partial charge on any atom is -0.497 e. The number of hydrogen-bond donors (Lipinski definition) is 0. The summed E-state index contributed by atoms with van der Waals surface area (Å²) in [5.74, 6) is 1.43. The average Bonchev–Trinajstić information content (AvgIpc) is 3.18. The first kappa shape index (κ1) is 16.0. The van der Waals surface area contributed by atoms with Gasteiger partial charge in [-0.15, -0.1) is 0 Å². The fraction of sp³-hybridized carbons (Fsp3) is 0.417. The van der Waals surface area contributed by atoms with Gasteiger partial charge in [0.15, 0.2) is 0 Å². The Bertz CT molecular complexity index is 944. The lowest BCUT2D eigenvalue weighted by molar-refractivity contribution is 0.287. The number of aryl methyl sites for hydroxylation is 1. The van der Waals surface area contributed by atoms with E-state index in [0.29, 0.717) is 11.3 Å². The van der Waals surface area contributed by atoms with Crippen LogP contribution in [0.15, 0.2) is 48.5 Å². The molecule has 1 spiro atoms. The summed E-state index contributed by atoms with van der Waals surface area (Å²) in [7, 11) is 4.00. The highest BCUT2D eigenvalue weighted by atomic mass is 16.5. The molecule has 1 saturated carbocycles. The monoisotopic (exact) mass is 345 g/mol. The summed E-state index contributed by atoms with van der Waals surface area (Å²) in [6.07, 6.45) is 8.11. The number of rotatable bonds is 2. The Morgan fingerprint density at radius 1 is 0.962 bits per heavy atom. The van der Waals surface area contributed by atoms with Crippen LogP contribution in [0.5, 0.6) is 5.75 Å². The van der Waals surface area contributed by atoms with Gasteiger partial charge in [-0.05, 0) is 54.0 Å². The van der Waals surface area contributed by atoms with Crippen LogP contribution in [0.2, 0.25) is 0 Å². The largest absolute Gasteiger partial charge is 0.497 e. The van der Waals surface area contributed by atoms with E-state index in [-0.39, 0.29) is 0 Å². The van der Waals surface area contributed by atoms with Gasteiger partial charge in [0.25, 0.3) is 0 Å². The second kappa shape index (κ2) is 5.90. The molecule has 1 aromatic heterocycles. The van der Waals surface area contributed by atoms with Crippen LogP contribution in [-0.2, 0) is 12.5 Å². The minimum atomic E-state index is 0.374. The SMILES string of the molecule is COc1ccc(C2CC3(CCCCC3)c3c2n(C)c2ccccc32)cc1. The maximum atomic E-state index is 5.38. The van der Waals surface area contributed by atoms with Crippen LogP contribution >= 0.6 is 0 Å². The second-order valence-electron chi connectivity index (χ2n) is 8.21. The van der Waals surface area contributed by atoms with Gasteiger partial charge < -0.3 is 9.30 Å². The molecule has 2 aliphatic carbocycles. The average molecular weight is 345 g/mol. The maximum Gasteiger partial charge on any atom is 0.118 e.